The van der Waals surface area contributed by atoms with Gasteiger partial charge < -0.3 is 19.9 Å². The van der Waals surface area contributed by atoms with Gasteiger partial charge in [0, 0.05) is 0 Å². The maximum Gasteiger partial charge on any atom is 0.259 e. The number of benzene rings is 2. The minimum Gasteiger partial charge on any atom is -0.504 e. The van der Waals surface area contributed by atoms with E-state index in [1.165, 1.54) is 20.4 Å². The molecule has 0 aromatic heterocycles. The summed E-state index contributed by atoms with van der Waals surface area (Å²) in [6.07, 6.45) is 1.41. The average Bonchev–Trinajstić information content (AvgIpc) is 2.68. The summed E-state index contributed by atoms with van der Waals surface area (Å²) in [5.74, 6) is -0.152. The molecule has 0 aliphatic heterocycles. The number of rotatable bonds is 7. The van der Waals surface area contributed by atoms with E-state index in [4.69, 9.17) is 9.47 Å². The third-order valence-electron chi connectivity index (χ3n) is 3.43. The number of halogens is 1. The van der Waals surface area contributed by atoms with E-state index in [1.54, 1.807) is 36.4 Å². The summed E-state index contributed by atoms with van der Waals surface area (Å²) in [6.45, 7) is -0.245. The lowest BCUT2D eigenvalue weighted by Crippen LogP contribution is -2.35. The summed E-state index contributed by atoms with van der Waals surface area (Å²) in [6, 6.07) is 9.97. The molecule has 2 aromatic carbocycles. The number of nitrogens with zero attached hydrogens (tertiary/aromatic N) is 1. The van der Waals surface area contributed by atoms with E-state index in [-0.39, 0.29) is 12.3 Å². The van der Waals surface area contributed by atoms with Crippen molar-refractivity contribution >= 4 is 40.6 Å². The number of amides is 2. The Bertz CT molecular complexity index is 870. The second kappa shape index (κ2) is 9.76. The Morgan fingerprint density at radius 3 is 2.59 bits per heavy atom. The minimum atomic E-state index is -0.491. The van der Waals surface area contributed by atoms with E-state index in [0.717, 1.165) is 0 Å². The van der Waals surface area contributed by atoms with Crippen LogP contribution in [-0.2, 0) is 4.79 Å². The van der Waals surface area contributed by atoms with Gasteiger partial charge in [-0.05, 0) is 52.4 Å². The minimum absolute atomic E-state index is 0.0401. The zero-order valence-corrected chi connectivity index (χ0v) is 16.8. The predicted octanol–water partition coefficient (Wildman–Crippen LogP) is 1.89. The highest BCUT2D eigenvalue weighted by atomic mass is 127. The number of nitrogens with one attached hydrogen (secondary N) is 2. The Morgan fingerprint density at radius 1 is 1.19 bits per heavy atom. The van der Waals surface area contributed by atoms with Gasteiger partial charge in [0.1, 0.15) is 5.75 Å². The van der Waals surface area contributed by atoms with Crippen molar-refractivity contribution in [1.29, 1.82) is 0 Å². The summed E-state index contributed by atoms with van der Waals surface area (Å²) >= 11 is 1.96. The molecule has 0 atom stereocenters. The van der Waals surface area contributed by atoms with Crippen molar-refractivity contribution in [2.75, 3.05) is 20.8 Å². The molecular weight excluding hydrogens is 465 g/mol. The molecule has 0 fully saturated rings. The van der Waals surface area contributed by atoms with Gasteiger partial charge in [-0.2, -0.15) is 5.10 Å². The fourth-order valence-corrected chi connectivity index (χ4v) is 2.76. The van der Waals surface area contributed by atoms with Gasteiger partial charge in [0.25, 0.3) is 11.8 Å². The highest BCUT2D eigenvalue weighted by molar-refractivity contribution is 14.1. The first-order valence-corrected chi connectivity index (χ1v) is 8.83. The average molecular weight is 483 g/mol. The van der Waals surface area contributed by atoms with Crippen LogP contribution in [0.4, 0.5) is 0 Å². The maximum atomic E-state index is 12.1. The normalized spacial score (nSPS) is 10.5. The number of phenolic OH excluding ortho intramolecular Hbond substituents is 1. The van der Waals surface area contributed by atoms with Crippen LogP contribution in [0, 0.1) is 3.57 Å². The summed E-state index contributed by atoms with van der Waals surface area (Å²) < 4.78 is 10.8. The Kier molecular flexibility index (Phi) is 7.41. The molecule has 2 aromatic rings. The lowest BCUT2D eigenvalue weighted by molar-refractivity contribution is -0.120. The third-order valence-corrected chi connectivity index (χ3v) is 4.26. The van der Waals surface area contributed by atoms with E-state index in [0.29, 0.717) is 26.2 Å². The second-order valence-corrected chi connectivity index (χ2v) is 6.39. The topological polar surface area (TPSA) is 109 Å². The SMILES string of the molecule is COc1ccccc1C(=O)NCC(=O)N/N=C/c1cc(I)c(O)c(OC)c1. The molecule has 0 aliphatic carbocycles. The fraction of sp³-hybridized carbons (Fsp3) is 0.167. The Labute approximate surface area is 169 Å². The van der Waals surface area contributed by atoms with Crippen molar-refractivity contribution in [1.82, 2.24) is 10.7 Å². The van der Waals surface area contributed by atoms with Crippen LogP contribution in [-0.4, -0.2) is 43.9 Å². The molecule has 9 heteroatoms. The van der Waals surface area contributed by atoms with Crippen LogP contribution >= 0.6 is 22.6 Å². The number of phenols is 1. The van der Waals surface area contributed by atoms with Gasteiger partial charge in [0.15, 0.2) is 11.5 Å². The molecule has 0 spiro atoms. The van der Waals surface area contributed by atoms with Crippen molar-refractivity contribution in [2.45, 2.75) is 0 Å². The second-order valence-electron chi connectivity index (χ2n) is 5.23. The highest BCUT2D eigenvalue weighted by Crippen LogP contribution is 2.31. The van der Waals surface area contributed by atoms with Crippen molar-refractivity contribution in [3.63, 3.8) is 0 Å². The molecule has 0 radical (unpaired) electrons. The van der Waals surface area contributed by atoms with Crippen LogP contribution in [0.25, 0.3) is 0 Å². The fourth-order valence-electron chi connectivity index (χ4n) is 2.13. The van der Waals surface area contributed by atoms with Gasteiger partial charge in [0.2, 0.25) is 0 Å². The van der Waals surface area contributed by atoms with Crippen LogP contribution in [0.1, 0.15) is 15.9 Å². The zero-order chi connectivity index (χ0) is 19.8. The Hall–Kier alpha value is -2.82. The molecule has 0 heterocycles. The number of hydrazone groups is 1. The first kappa shape index (κ1) is 20.5. The molecule has 8 nitrogen and oxygen atoms in total. The van der Waals surface area contributed by atoms with Crippen molar-refractivity contribution in [3.8, 4) is 17.2 Å². The third kappa shape index (κ3) is 5.58. The number of ether oxygens (including phenoxy) is 2. The summed E-state index contributed by atoms with van der Waals surface area (Å²) in [5.41, 5.74) is 3.28. The molecule has 0 aliphatic rings. The molecule has 0 unspecified atom stereocenters. The van der Waals surface area contributed by atoms with E-state index < -0.39 is 11.8 Å². The predicted molar refractivity (Wildman–Crippen MR) is 108 cm³/mol. The molecule has 142 valence electrons. The van der Waals surface area contributed by atoms with E-state index in [9.17, 15) is 14.7 Å². The van der Waals surface area contributed by atoms with Crippen molar-refractivity contribution in [3.05, 3.63) is 51.1 Å². The van der Waals surface area contributed by atoms with Crippen molar-refractivity contribution < 1.29 is 24.2 Å². The number of methoxy groups -OCH3 is 2. The van der Waals surface area contributed by atoms with Gasteiger partial charge in [-0.15, -0.1) is 0 Å². The monoisotopic (exact) mass is 483 g/mol. The maximum absolute atomic E-state index is 12.1. The summed E-state index contributed by atoms with van der Waals surface area (Å²) in [4.78, 5) is 23.9. The molecule has 27 heavy (non-hydrogen) atoms. The number of carbonyl (C=O) groups is 2. The van der Waals surface area contributed by atoms with Crippen LogP contribution < -0.4 is 20.2 Å². The highest BCUT2D eigenvalue weighted by Gasteiger charge is 2.12. The smallest absolute Gasteiger partial charge is 0.259 e. The number of aromatic hydroxyl groups is 1. The van der Waals surface area contributed by atoms with E-state index >= 15 is 0 Å². The zero-order valence-electron chi connectivity index (χ0n) is 14.7. The first-order valence-electron chi connectivity index (χ1n) is 7.76. The van der Waals surface area contributed by atoms with Gasteiger partial charge in [-0.3, -0.25) is 9.59 Å². The summed E-state index contributed by atoms with van der Waals surface area (Å²) in [5, 5.41) is 16.1. The van der Waals surface area contributed by atoms with Crippen LogP contribution in [0.5, 0.6) is 17.2 Å². The largest absolute Gasteiger partial charge is 0.504 e. The van der Waals surface area contributed by atoms with Crippen molar-refractivity contribution in [2.24, 2.45) is 5.10 Å². The standard InChI is InChI=1S/C18H18IN3O5/c1-26-14-6-4-3-5-12(14)18(25)20-10-16(23)22-21-9-11-7-13(19)17(24)15(8-11)27-2/h3-9,24H,10H2,1-2H3,(H,20,25)(H,22,23)/b21-9+. The number of carbonyl (C=O) groups excluding carboxylic acids is 2. The van der Waals surface area contributed by atoms with Gasteiger partial charge in [-0.1, -0.05) is 12.1 Å². The molecule has 2 amide bonds. The quantitative estimate of drug-likeness (QED) is 0.317. The van der Waals surface area contributed by atoms with Crippen LogP contribution in [0.3, 0.4) is 0 Å². The molecule has 0 saturated carbocycles. The molecule has 0 bridgehead atoms. The lowest BCUT2D eigenvalue weighted by Gasteiger charge is -2.08. The Morgan fingerprint density at radius 2 is 1.89 bits per heavy atom. The first-order chi connectivity index (χ1) is 13.0. The summed E-state index contributed by atoms with van der Waals surface area (Å²) in [7, 11) is 2.91. The number of hydrogen-bond donors (Lipinski definition) is 3. The lowest BCUT2D eigenvalue weighted by atomic mass is 10.2. The molecular formula is C18H18IN3O5. The number of hydrogen-bond acceptors (Lipinski definition) is 6. The van der Waals surface area contributed by atoms with E-state index in [2.05, 4.69) is 15.8 Å². The molecule has 3 N–H and O–H groups in total. The van der Waals surface area contributed by atoms with E-state index in [1.807, 2.05) is 22.6 Å². The van der Waals surface area contributed by atoms with Crippen LogP contribution in [0.2, 0.25) is 0 Å². The van der Waals surface area contributed by atoms with Gasteiger partial charge in [-0.25, -0.2) is 5.43 Å². The van der Waals surface area contributed by atoms with Crippen LogP contribution in [0.15, 0.2) is 41.5 Å². The molecule has 0 saturated heterocycles. The Balaban J connectivity index is 1.90. The van der Waals surface area contributed by atoms with Gasteiger partial charge >= 0.3 is 0 Å². The molecule has 2 rings (SSSR count). The number of para-hydroxylation sites is 1. The van der Waals surface area contributed by atoms with Gasteiger partial charge in [0.05, 0.1) is 36.1 Å².